The molecule has 0 aromatic carbocycles. The van der Waals surface area contributed by atoms with Crippen LogP contribution in [-0.2, 0) is 65.4 Å². The molecule has 0 heterocycles. The number of hydrogen-bond acceptors (Lipinski definition) is 15. The van der Waals surface area contributed by atoms with Gasteiger partial charge in [-0.3, -0.25) is 37.3 Å². The summed E-state index contributed by atoms with van der Waals surface area (Å²) in [7, 11) is -9.90. The van der Waals surface area contributed by atoms with Crippen LogP contribution in [0, 0.1) is 5.92 Å². The number of ether oxygens (including phenoxy) is 4. The number of unbranched alkanes of at least 4 members (excludes halogenated alkanes) is 47. The fraction of sp³-hybridized carbons (Fsp3) is 0.947. The van der Waals surface area contributed by atoms with Crippen LogP contribution in [0.2, 0.25) is 0 Å². The summed E-state index contributed by atoms with van der Waals surface area (Å²) < 4.78 is 68.4. The zero-order chi connectivity index (χ0) is 69.1. The summed E-state index contributed by atoms with van der Waals surface area (Å²) in [6.07, 6.45) is 57.1. The standard InChI is InChI=1S/C75H146O17P2/c1-6-9-12-15-18-21-24-26-27-28-29-30-31-32-33-35-37-40-45-50-55-60-74(79)91-70(64-86-73(78)59-54-49-44-39-36-34-25-22-19-16-13-10-7-2)66-89-93(81,82)87-62-69(76)63-88-94(83,84)90-67-71(92-75(80)61-56-51-46-41-42-47-52-57-68(4)5)65-85-72(77)58-53-48-43-38-23-20-17-14-11-8-3/h68-71,76H,6-67H2,1-5H3,(H,81,82)(H,83,84)/t69-,70-,71-/m1/s1. The highest BCUT2D eigenvalue weighted by atomic mass is 31.2. The number of phosphoric ester groups is 2. The number of carbonyl (C=O) groups excluding carboxylic acids is 4. The number of aliphatic hydroxyl groups is 1. The van der Waals surface area contributed by atoms with E-state index in [1.807, 2.05) is 0 Å². The molecule has 0 bridgehead atoms. The Hall–Kier alpha value is -1.94. The highest BCUT2D eigenvalue weighted by Crippen LogP contribution is 2.45. The monoisotopic (exact) mass is 1380 g/mol. The average Bonchev–Trinajstić information content (AvgIpc) is 1.99. The Morgan fingerprint density at radius 3 is 0.723 bits per heavy atom. The predicted molar refractivity (Wildman–Crippen MR) is 382 cm³/mol. The minimum atomic E-state index is -4.95. The second kappa shape index (κ2) is 68.2. The molecule has 0 aliphatic rings. The molecular weight excluding hydrogens is 1230 g/mol. The highest BCUT2D eigenvalue weighted by Gasteiger charge is 2.30. The molecule has 0 fully saturated rings. The second-order valence-corrected chi connectivity index (χ2v) is 30.4. The number of hydrogen-bond donors (Lipinski definition) is 3. The second-order valence-electron chi connectivity index (χ2n) is 27.5. The first-order valence-corrected chi connectivity index (χ1v) is 42.1. The summed E-state index contributed by atoms with van der Waals surface area (Å²) in [4.78, 5) is 72.7. The van der Waals surface area contributed by atoms with Crippen molar-refractivity contribution < 1.29 is 80.2 Å². The number of phosphoric acid groups is 2. The Balaban J connectivity index is 5.18. The van der Waals surface area contributed by atoms with Crippen molar-refractivity contribution in [3.63, 3.8) is 0 Å². The molecule has 0 aromatic heterocycles. The Morgan fingerprint density at radius 2 is 0.489 bits per heavy atom. The van der Waals surface area contributed by atoms with E-state index < -0.39 is 97.5 Å². The zero-order valence-electron chi connectivity index (χ0n) is 61.1. The van der Waals surface area contributed by atoms with Crippen molar-refractivity contribution >= 4 is 39.5 Å². The van der Waals surface area contributed by atoms with Crippen LogP contribution >= 0.6 is 15.6 Å². The molecule has 0 saturated carbocycles. The molecule has 558 valence electrons. The number of esters is 4. The van der Waals surface area contributed by atoms with Gasteiger partial charge in [0.2, 0.25) is 0 Å². The Labute approximate surface area is 575 Å². The van der Waals surface area contributed by atoms with Crippen LogP contribution in [0.5, 0.6) is 0 Å². The lowest BCUT2D eigenvalue weighted by Gasteiger charge is -2.21. The maximum absolute atomic E-state index is 13.1. The maximum Gasteiger partial charge on any atom is 0.472 e. The van der Waals surface area contributed by atoms with Gasteiger partial charge in [-0.05, 0) is 31.6 Å². The van der Waals surface area contributed by atoms with Crippen molar-refractivity contribution in [2.24, 2.45) is 5.92 Å². The molecule has 19 heteroatoms. The third-order valence-electron chi connectivity index (χ3n) is 17.5. The first-order valence-electron chi connectivity index (χ1n) is 39.1. The van der Waals surface area contributed by atoms with Gasteiger partial charge in [0.05, 0.1) is 26.4 Å². The van der Waals surface area contributed by atoms with Crippen molar-refractivity contribution in [3.05, 3.63) is 0 Å². The molecule has 0 aliphatic carbocycles. The Bertz CT molecular complexity index is 1810. The van der Waals surface area contributed by atoms with E-state index in [4.69, 9.17) is 37.0 Å². The van der Waals surface area contributed by atoms with Crippen LogP contribution in [0.4, 0.5) is 0 Å². The maximum atomic E-state index is 13.1. The molecule has 94 heavy (non-hydrogen) atoms. The van der Waals surface area contributed by atoms with Crippen LogP contribution < -0.4 is 0 Å². The van der Waals surface area contributed by atoms with Crippen molar-refractivity contribution in [2.45, 2.75) is 412 Å². The number of carbonyl (C=O) groups is 4. The molecule has 0 amide bonds. The van der Waals surface area contributed by atoms with Crippen molar-refractivity contribution in [3.8, 4) is 0 Å². The van der Waals surface area contributed by atoms with E-state index >= 15 is 0 Å². The van der Waals surface area contributed by atoms with Gasteiger partial charge in [0.25, 0.3) is 0 Å². The van der Waals surface area contributed by atoms with Gasteiger partial charge in [-0.1, -0.05) is 343 Å². The van der Waals surface area contributed by atoms with E-state index in [1.165, 1.54) is 218 Å². The fourth-order valence-electron chi connectivity index (χ4n) is 11.5. The third kappa shape index (κ3) is 68.6. The van der Waals surface area contributed by atoms with Crippen LogP contribution in [0.1, 0.15) is 394 Å². The largest absolute Gasteiger partial charge is 0.472 e. The summed E-state index contributed by atoms with van der Waals surface area (Å²) in [6, 6.07) is 0. The van der Waals surface area contributed by atoms with E-state index in [-0.39, 0.29) is 25.7 Å². The van der Waals surface area contributed by atoms with Crippen molar-refractivity contribution in [2.75, 3.05) is 39.6 Å². The van der Waals surface area contributed by atoms with Crippen LogP contribution in [-0.4, -0.2) is 96.7 Å². The fourth-order valence-corrected chi connectivity index (χ4v) is 13.1. The molecule has 2 unspecified atom stereocenters. The van der Waals surface area contributed by atoms with Gasteiger partial charge >= 0.3 is 39.5 Å². The van der Waals surface area contributed by atoms with Crippen LogP contribution in [0.3, 0.4) is 0 Å². The number of aliphatic hydroxyl groups excluding tert-OH is 1. The molecule has 0 saturated heterocycles. The van der Waals surface area contributed by atoms with E-state index in [0.717, 1.165) is 89.9 Å². The molecule has 0 radical (unpaired) electrons. The van der Waals surface area contributed by atoms with Gasteiger partial charge in [0.15, 0.2) is 12.2 Å². The quantitative estimate of drug-likeness (QED) is 0.0222. The average molecular weight is 1380 g/mol. The highest BCUT2D eigenvalue weighted by molar-refractivity contribution is 7.47. The molecule has 3 N–H and O–H groups in total. The minimum absolute atomic E-state index is 0.104. The first-order chi connectivity index (χ1) is 45.5. The first kappa shape index (κ1) is 92.1. The van der Waals surface area contributed by atoms with E-state index in [1.54, 1.807) is 0 Å². The van der Waals surface area contributed by atoms with Gasteiger partial charge < -0.3 is 33.8 Å². The smallest absolute Gasteiger partial charge is 0.462 e. The summed E-state index contributed by atoms with van der Waals surface area (Å²) in [5, 5.41) is 10.6. The van der Waals surface area contributed by atoms with Gasteiger partial charge in [0.1, 0.15) is 19.3 Å². The Morgan fingerprint density at radius 1 is 0.287 bits per heavy atom. The number of rotatable bonds is 75. The molecule has 0 spiro atoms. The van der Waals surface area contributed by atoms with Crippen molar-refractivity contribution in [1.82, 2.24) is 0 Å². The Kier molecular flexibility index (Phi) is 66.8. The lowest BCUT2D eigenvalue weighted by atomic mass is 10.0. The van der Waals surface area contributed by atoms with Crippen LogP contribution in [0.25, 0.3) is 0 Å². The lowest BCUT2D eigenvalue weighted by molar-refractivity contribution is -0.161. The van der Waals surface area contributed by atoms with Gasteiger partial charge in [-0.2, -0.15) is 0 Å². The molecule has 0 aromatic rings. The molecular formula is C75H146O17P2. The van der Waals surface area contributed by atoms with E-state index in [9.17, 15) is 43.2 Å². The summed E-state index contributed by atoms with van der Waals surface area (Å²) in [5.74, 6) is -1.42. The normalized spacial score (nSPS) is 14.0. The molecule has 0 rings (SSSR count). The van der Waals surface area contributed by atoms with Gasteiger partial charge in [-0.15, -0.1) is 0 Å². The molecule has 17 nitrogen and oxygen atoms in total. The molecule has 0 aliphatic heterocycles. The van der Waals surface area contributed by atoms with E-state index in [2.05, 4.69) is 34.6 Å². The van der Waals surface area contributed by atoms with Gasteiger partial charge in [-0.25, -0.2) is 9.13 Å². The predicted octanol–water partition coefficient (Wildman–Crippen LogP) is 22.1. The summed E-state index contributed by atoms with van der Waals surface area (Å²) >= 11 is 0. The SMILES string of the molecule is CCCCCCCCCCCCCCCCCCCCCCCC(=O)O[C@H](COC(=O)CCCCCCCCCCCCCCC)COP(=O)(O)OC[C@@H](O)COP(=O)(O)OC[C@@H](COC(=O)CCCCCCCCCCCC)OC(=O)CCCCCCCCCC(C)C. The topological polar surface area (TPSA) is 237 Å². The zero-order valence-corrected chi connectivity index (χ0v) is 62.9. The summed E-state index contributed by atoms with van der Waals surface area (Å²) in [6.45, 7) is 7.21. The van der Waals surface area contributed by atoms with E-state index in [0.29, 0.717) is 31.6 Å². The third-order valence-corrected chi connectivity index (χ3v) is 19.4. The molecule has 5 atom stereocenters. The van der Waals surface area contributed by atoms with Crippen molar-refractivity contribution in [1.29, 1.82) is 0 Å². The summed E-state index contributed by atoms with van der Waals surface area (Å²) in [5.41, 5.74) is 0. The van der Waals surface area contributed by atoms with Gasteiger partial charge in [0, 0.05) is 25.7 Å². The lowest BCUT2D eigenvalue weighted by Crippen LogP contribution is -2.30. The minimum Gasteiger partial charge on any atom is -0.462 e. The van der Waals surface area contributed by atoms with Crippen LogP contribution in [0.15, 0.2) is 0 Å².